The number of rotatable bonds is 4. The van der Waals surface area contributed by atoms with Crippen LogP contribution in [-0.2, 0) is 0 Å². The van der Waals surface area contributed by atoms with Gasteiger partial charge in [-0.3, -0.25) is 0 Å². The van der Waals surface area contributed by atoms with Crippen LogP contribution in [-0.4, -0.2) is 33.5 Å². The summed E-state index contributed by atoms with van der Waals surface area (Å²) in [6.45, 7) is 2.01. The second-order valence-electron chi connectivity index (χ2n) is 9.49. The molecule has 0 saturated heterocycles. The molecule has 9 heteroatoms. The van der Waals surface area contributed by atoms with Gasteiger partial charge in [0.25, 0.3) is 0 Å². The molecule has 0 aliphatic carbocycles. The van der Waals surface area contributed by atoms with E-state index in [1.165, 1.54) is 0 Å². The van der Waals surface area contributed by atoms with Gasteiger partial charge in [-0.05, 0) is 73.2 Å². The summed E-state index contributed by atoms with van der Waals surface area (Å²) < 4.78 is 7.15. The summed E-state index contributed by atoms with van der Waals surface area (Å²) in [6, 6.07) is 29.3. The molecule has 2 aliphatic rings. The summed E-state index contributed by atoms with van der Waals surface area (Å²) in [7, 11) is 1.65. The van der Waals surface area contributed by atoms with Crippen molar-refractivity contribution in [3.63, 3.8) is 0 Å². The van der Waals surface area contributed by atoms with E-state index in [0.717, 1.165) is 39.6 Å². The van der Waals surface area contributed by atoms with Crippen molar-refractivity contribution in [3.8, 4) is 11.6 Å². The van der Waals surface area contributed by atoms with E-state index >= 15 is 0 Å². The van der Waals surface area contributed by atoms with Gasteiger partial charge >= 0.3 is 0 Å². The molecule has 1 atom stereocenters. The lowest BCUT2D eigenvalue weighted by Crippen LogP contribution is -2.46. The Morgan fingerprint density at radius 2 is 1.73 bits per heavy atom. The molecule has 1 unspecified atom stereocenters. The van der Waals surface area contributed by atoms with Gasteiger partial charge in [-0.15, -0.1) is 0 Å². The molecular formula is C31H24ClN7O. The third-order valence-electron chi connectivity index (χ3n) is 7.02. The number of hydrogen-bond donors (Lipinski definition) is 1. The van der Waals surface area contributed by atoms with Crippen LogP contribution in [0.25, 0.3) is 5.82 Å². The average molecular weight is 546 g/mol. The van der Waals surface area contributed by atoms with E-state index in [4.69, 9.17) is 31.4 Å². The van der Waals surface area contributed by atoms with Crippen molar-refractivity contribution in [3.05, 3.63) is 119 Å². The van der Waals surface area contributed by atoms with Gasteiger partial charge in [-0.25, -0.2) is 15.0 Å². The van der Waals surface area contributed by atoms with Crippen LogP contribution >= 0.6 is 11.6 Å². The van der Waals surface area contributed by atoms with Crippen LogP contribution in [0.4, 0.5) is 22.9 Å². The minimum absolute atomic E-state index is 0.261. The van der Waals surface area contributed by atoms with Gasteiger partial charge in [0, 0.05) is 22.5 Å². The van der Waals surface area contributed by atoms with E-state index in [9.17, 15) is 0 Å². The molecule has 5 aromatic rings. The zero-order valence-electron chi connectivity index (χ0n) is 21.8. The summed E-state index contributed by atoms with van der Waals surface area (Å²) in [5.41, 5.74) is 5.51. The fraction of sp³-hybridized carbons (Fsp3) is 0.0968. The first-order valence-electron chi connectivity index (χ1n) is 12.8. The number of ether oxygens (including phenoxy) is 1. The molecule has 0 saturated carbocycles. The third kappa shape index (κ3) is 4.01. The number of amidine groups is 2. The first kappa shape index (κ1) is 24.1. The average Bonchev–Trinajstić information content (AvgIpc) is 3.33. The predicted octanol–water partition coefficient (Wildman–Crippen LogP) is 7.03. The van der Waals surface area contributed by atoms with Crippen LogP contribution in [0.3, 0.4) is 0 Å². The van der Waals surface area contributed by atoms with Gasteiger partial charge < -0.3 is 15.0 Å². The van der Waals surface area contributed by atoms with Crippen LogP contribution in [0.1, 0.15) is 22.9 Å². The van der Waals surface area contributed by atoms with Crippen molar-refractivity contribution in [2.24, 2.45) is 9.98 Å². The monoisotopic (exact) mass is 545 g/mol. The number of methoxy groups -OCH3 is 1. The van der Waals surface area contributed by atoms with Gasteiger partial charge in [0.1, 0.15) is 5.75 Å². The lowest BCUT2D eigenvalue weighted by atomic mass is 9.93. The van der Waals surface area contributed by atoms with Crippen LogP contribution in [0, 0.1) is 6.92 Å². The quantitative estimate of drug-likeness (QED) is 0.262. The number of halogens is 1. The van der Waals surface area contributed by atoms with Gasteiger partial charge in [0.2, 0.25) is 0 Å². The van der Waals surface area contributed by atoms with E-state index in [0.29, 0.717) is 28.3 Å². The minimum Gasteiger partial charge on any atom is -0.497 e. The van der Waals surface area contributed by atoms with Crippen LogP contribution < -0.4 is 15.0 Å². The Hall–Kier alpha value is -4.95. The number of aromatic nitrogens is 3. The standard InChI is InChI=1S/C31H24ClN7O/c1-19-27-28(20-8-7-9-21(32)18-20)38-25-11-4-3-10-24(25)35-29(34-22-13-15-23(40-2)16-14-22)31(38)36-30(27)39(37-19)26-12-5-6-17-33-26/h3-18,28H,1-2H3,(H,34,35). The van der Waals surface area contributed by atoms with Crippen molar-refractivity contribution in [2.75, 3.05) is 17.3 Å². The molecule has 2 aromatic heterocycles. The Morgan fingerprint density at radius 1 is 0.900 bits per heavy atom. The molecular weight excluding hydrogens is 522 g/mol. The van der Waals surface area contributed by atoms with Crippen molar-refractivity contribution in [1.29, 1.82) is 0 Å². The van der Waals surface area contributed by atoms with E-state index in [1.807, 2.05) is 85.8 Å². The highest BCUT2D eigenvalue weighted by Gasteiger charge is 2.41. The van der Waals surface area contributed by atoms with E-state index in [1.54, 1.807) is 18.0 Å². The predicted molar refractivity (Wildman–Crippen MR) is 159 cm³/mol. The Morgan fingerprint density at radius 3 is 2.50 bits per heavy atom. The summed E-state index contributed by atoms with van der Waals surface area (Å²) in [6.07, 6.45) is 1.75. The van der Waals surface area contributed by atoms with Crippen molar-refractivity contribution in [1.82, 2.24) is 14.8 Å². The van der Waals surface area contributed by atoms with E-state index in [-0.39, 0.29) is 6.04 Å². The molecule has 3 aromatic carbocycles. The second-order valence-corrected chi connectivity index (χ2v) is 9.92. The van der Waals surface area contributed by atoms with Crippen LogP contribution in [0.2, 0.25) is 5.02 Å². The molecule has 8 nitrogen and oxygen atoms in total. The molecule has 0 spiro atoms. The fourth-order valence-corrected chi connectivity index (χ4v) is 5.44. The molecule has 0 bridgehead atoms. The second kappa shape index (κ2) is 9.66. The number of benzene rings is 3. The van der Waals surface area contributed by atoms with Gasteiger partial charge in [0.15, 0.2) is 23.3 Å². The largest absolute Gasteiger partial charge is 0.497 e. The highest BCUT2D eigenvalue weighted by atomic mass is 35.5. The Balaban J connectivity index is 1.48. The molecule has 196 valence electrons. The number of aryl methyl sites for hydroxylation is 1. The highest BCUT2D eigenvalue weighted by Crippen LogP contribution is 2.48. The number of anilines is 2. The summed E-state index contributed by atoms with van der Waals surface area (Å²) >= 11 is 6.54. The Kier molecular flexibility index (Phi) is 5.82. The zero-order valence-corrected chi connectivity index (χ0v) is 22.5. The smallest absolute Gasteiger partial charge is 0.179 e. The number of aliphatic imine (C=N–C) groups is 2. The number of pyridine rings is 1. The highest BCUT2D eigenvalue weighted by molar-refractivity contribution is 6.51. The first-order chi connectivity index (χ1) is 19.6. The molecule has 0 amide bonds. The number of nitrogens with zero attached hydrogens (tertiary/aromatic N) is 6. The molecule has 2 aliphatic heterocycles. The van der Waals surface area contributed by atoms with Crippen molar-refractivity contribution in [2.45, 2.75) is 13.0 Å². The molecule has 40 heavy (non-hydrogen) atoms. The maximum Gasteiger partial charge on any atom is 0.179 e. The maximum atomic E-state index is 6.54. The van der Waals surface area contributed by atoms with Gasteiger partial charge in [0.05, 0.1) is 30.2 Å². The Bertz CT molecular complexity index is 1790. The van der Waals surface area contributed by atoms with Gasteiger partial charge in [-0.2, -0.15) is 9.78 Å². The lowest BCUT2D eigenvalue weighted by molar-refractivity contribution is 0.415. The topological polar surface area (TPSA) is 79.9 Å². The van der Waals surface area contributed by atoms with Crippen molar-refractivity contribution < 1.29 is 4.74 Å². The number of para-hydroxylation sites is 2. The third-order valence-corrected chi connectivity index (χ3v) is 7.26. The van der Waals surface area contributed by atoms with E-state index in [2.05, 4.69) is 27.3 Å². The lowest BCUT2D eigenvalue weighted by Gasteiger charge is -2.40. The minimum atomic E-state index is -0.261. The molecule has 4 heterocycles. The summed E-state index contributed by atoms with van der Waals surface area (Å²) in [5.74, 6) is 3.46. The van der Waals surface area contributed by atoms with Gasteiger partial charge in [-0.1, -0.05) is 41.9 Å². The maximum absolute atomic E-state index is 6.54. The molecule has 0 radical (unpaired) electrons. The SMILES string of the molecule is COc1ccc(NC2=Nc3ccccc3N3C2=Nc2c(c(C)nn2-c2ccccn2)C3c2cccc(Cl)c2)cc1. The normalized spacial score (nSPS) is 15.4. The molecule has 0 fully saturated rings. The number of hydrogen-bond acceptors (Lipinski definition) is 7. The number of nitrogens with one attached hydrogen (secondary N) is 1. The summed E-state index contributed by atoms with van der Waals surface area (Å²) in [4.78, 5) is 17.0. The number of fused-ring (bicyclic) bond motifs is 4. The van der Waals surface area contributed by atoms with E-state index < -0.39 is 0 Å². The summed E-state index contributed by atoms with van der Waals surface area (Å²) in [5, 5.41) is 9.08. The Labute approximate surface area is 236 Å². The van der Waals surface area contributed by atoms with Crippen LogP contribution in [0.5, 0.6) is 5.75 Å². The zero-order chi connectivity index (χ0) is 27.2. The first-order valence-corrected chi connectivity index (χ1v) is 13.2. The van der Waals surface area contributed by atoms with Crippen molar-refractivity contribution >= 4 is 46.2 Å². The molecule has 7 rings (SSSR count). The van der Waals surface area contributed by atoms with Crippen LogP contribution in [0.15, 0.2) is 107 Å². The fourth-order valence-electron chi connectivity index (χ4n) is 5.24. The molecule has 1 N–H and O–H groups in total.